The molecule has 0 aromatic carbocycles. The van der Waals surface area contributed by atoms with E-state index in [4.69, 9.17) is 81.3 Å². The number of aliphatic hydroxyl groups is 25. The van der Waals surface area contributed by atoms with Crippen LogP contribution in [0, 0.1) is 0 Å². The van der Waals surface area contributed by atoms with Crippen molar-refractivity contribution in [1.29, 1.82) is 0 Å². The second-order valence-corrected chi connectivity index (χ2v) is 29.4. The Morgan fingerprint density at radius 3 is 1.39 bits per heavy atom. The highest BCUT2D eigenvalue weighted by Crippen LogP contribution is 2.46. The van der Waals surface area contributed by atoms with Gasteiger partial charge in [-0.3, -0.25) is 18.6 Å². The van der Waals surface area contributed by atoms with E-state index < -0.39 is 361 Å². The zero-order valence-corrected chi connectivity index (χ0v) is 61.0. The topological polar surface area (TPSA) is 859 Å². The molecule has 1 unspecified atom stereocenters. The fourth-order valence-corrected chi connectivity index (χ4v) is 14.7. The minimum atomic E-state index is -5.22. The molecule has 43 atom stereocenters. The first-order valence-corrected chi connectivity index (χ1v) is 36.8. The van der Waals surface area contributed by atoms with Crippen molar-refractivity contribution in [2.24, 2.45) is 5.73 Å². The number of hydrogen-bond donors (Lipinski definition) is 31. The van der Waals surface area contributed by atoms with E-state index in [1.54, 1.807) is 0 Å². The highest BCUT2D eigenvalue weighted by atomic mass is 31.2. The van der Waals surface area contributed by atoms with E-state index >= 15 is 0 Å². The van der Waals surface area contributed by atoms with Gasteiger partial charge in [-0.05, 0) is 0 Å². The predicted molar refractivity (Wildman–Crippen MR) is 346 cm³/mol. The second kappa shape index (κ2) is 40.8. The largest absolute Gasteiger partial charge is 0.477 e. The number of aliphatic carboxylic acids is 2. The lowest BCUT2D eigenvalue weighted by Gasteiger charge is -2.53. The molecule has 32 N–H and O–H groups in total. The fraction of sp³-hybridized carbons (Fsp3) is 0.933. The fourth-order valence-electron chi connectivity index (χ4n) is 14.0. The number of amides is 2. The summed E-state index contributed by atoms with van der Waals surface area (Å²) in [6.45, 7) is -9.73. The molecule has 8 aliphatic rings. The van der Waals surface area contributed by atoms with Gasteiger partial charge in [0.25, 0.3) is 11.6 Å². The Kier molecular flexibility index (Phi) is 34.3. The second-order valence-electron chi connectivity index (χ2n) is 27.9. The van der Waals surface area contributed by atoms with E-state index in [1.807, 2.05) is 0 Å². The molecule has 2 amide bonds. The van der Waals surface area contributed by atoms with Gasteiger partial charge in [0, 0.05) is 33.2 Å². The monoisotopic (exact) mass is 1700 g/mol. The molecular formula is C60H102N3O50P. The maximum absolute atomic E-state index is 13.5. The quantitative estimate of drug-likeness (QED) is 0.0262. The molecule has 53 nitrogen and oxygen atoms in total. The van der Waals surface area contributed by atoms with Gasteiger partial charge in [0.05, 0.1) is 71.7 Å². The molecule has 8 aliphatic heterocycles. The van der Waals surface area contributed by atoms with Crippen LogP contribution in [0.4, 0.5) is 0 Å². The molecule has 0 radical (unpaired) electrons. The van der Waals surface area contributed by atoms with Gasteiger partial charge in [0.1, 0.15) is 195 Å². The Hall–Kier alpha value is -3.65. The summed E-state index contributed by atoms with van der Waals surface area (Å²) in [5.41, 5.74) is 5.37. The van der Waals surface area contributed by atoms with Crippen molar-refractivity contribution < 1.29 is 247 Å². The summed E-state index contributed by atoms with van der Waals surface area (Å²) in [5, 5.41) is 306. The van der Waals surface area contributed by atoms with Gasteiger partial charge >= 0.3 is 19.8 Å². The number of carboxylic acid groups (broad SMARTS) is 2. The molecule has 0 aromatic heterocycles. The zero-order valence-electron chi connectivity index (χ0n) is 60.1. The Morgan fingerprint density at radius 2 is 0.877 bits per heavy atom. The van der Waals surface area contributed by atoms with Crippen molar-refractivity contribution in [3.05, 3.63) is 0 Å². The lowest BCUT2D eigenvalue weighted by molar-refractivity contribution is -0.420. The summed E-state index contributed by atoms with van der Waals surface area (Å²) >= 11 is 0. The highest BCUT2D eigenvalue weighted by Gasteiger charge is 2.65. The van der Waals surface area contributed by atoms with Gasteiger partial charge in [0.2, 0.25) is 11.8 Å². The molecule has 662 valence electrons. The molecule has 0 bridgehead atoms. The van der Waals surface area contributed by atoms with Crippen molar-refractivity contribution >= 4 is 31.6 Å². The molecule has 8 fully saturated rings. The molecule has 0 saturated carbocycles. The number of ether oxygens (including phenoxy) is 15. The third-order valence-electron chi connectivity index (χ3n) is 19.9. The number of carbonyl (C=O) groups is 4. The molecule has 114 heavy (non-hydrogen) atoms. The number of rotatable bonds is 35. The van der Waals surface area contributed by atoms with Crippen LogP contribution in [0.3, 0.4) is 0 Å². The predicted octanol–water partition coefficient (Wildman–Crippen LogP) is -19.7. The van der Waals surface area contributed by atoms with Crippen molar-refractivity contribution in [3.63, 3.8) is 0 Å². The van der Waals surface area contributed by atoms with E-state index in [0.717, 1.165) is 13.8 Å². The molecular weight excluding hydrogens is 1590 g/mol. The number of phosphoric ester groups is 1. The standard InChI is InChI=1S/C60H102N3O50P/c1-15(71)62-27-33(82)30(79)23(10-67)99-51(27)107-47-32(81)25(12-69)101-54(39(47)88)105-45-26(13-70)102-53(38(87)37(45)86)110-50-43(19(75)8-65)104-55(106-46-22(6-59(94,57(90)91)112-44(46)20(76)9-66)111-60(58(92)93)5-17(73)29(78)42(113-60)18(74)7-64)40(89)48(50)108-56-49(109-52-28(63-16(2)72)34(83)31(80)24(11-68)100-52)36(85)35(84)41(103-56)21(77)14-98-114(95,96)97-4-3-61/h17-56,64-70,73-89,94H,3-14,61H2,1-2H3,(H,62,71)(H,63,72)(H,90,91)(H,92,93)(H,95,96)/t17-,18-,19+,20-,21+,22-,23-,24-,25-,26-,27-,28-,29-,30-,31-,32+,33-,34-,35+,36+,37-,38-,39-,40+,41-,42-,43-,44-,45-,46-,47+,48-,49+,50-,51+,52-,53+,54+,55-,56-,59-,60-/m1/s1. The Morgan fingerprint density at radius 1 is 0.439 bits per heavy atom. The van der Waals surface area contributed by atoms with Gasteiger partial charge < -0.3 is 230 Å². The molecule has 0 aromatic rings. The van der Waals surface area contributed by atoms with Crippen molar-refractivity contribution in [2.45, 2.75) is 283 Å². The van der Waals surface area contributed by atoms with Crippen LogP contribution in [0.5, 0.6) is 0 Å². The molecule has 8 rings (SSSR count). The minimum absolute atomic E-state index is 0.378. The summed E-state index contributed by atoms with van der Waals surface area (Å²) in [5.74, 6) is -13.8. The van der Waals surface area contributed by atoms with E-state index in [2.05, 4.69) is 15.2 Å². The van der Waals surface area contributed by atoms with Gasteiger partial charge in [-0.2, -0.15) is 0 Å². The van der Waals surface area contributed by atoms with Crippen LogP contribution >= 0.6 is 7.82 Å². The average Bonchev–Trinajstić information content (AvgIpc) is 0.746. The molecule has 0 spiro atoms. The molecule has 8 heterocycles. The molecule has 8 saturated heterocycles. The van der Waals surface area contributed by atoms with Crippen molar-refractivity contribution in [1.82, 2.24) is 10.6 Å². The van der Waals surface area contributed by atoms with E-state index in [9.17, 15) is 167 Å². The number of phosphoric acid groups is 1. The van der Waals surface area contributed by atoms with E-state index in [1.165, 1.54) is 0 Å². The first-order chi connectivity index (χ1) is 53.5. The van der Waals surface area contributed by atoms with Crippen molar-refractivity contribution in [3.8, 4) is 0 Å². The number of aliphatic hydroxyl groups excluding tert-OH is 24. The maximum atomic E-state index is 13.5. The number of nitrogens with one attached hydrogen (secondary N) is 2. The third kappa shape index (κ3) is 21.3. The van der Waals surface area contributed by atoms with Crippen LogP contribution < -0.4 is 16.4 Å². The highest BCUT2D eigenvalue weighted by molar-refractivity contribution is 7.47. The summed E-state index contributed by atoms with van der Waals surface area (Å²) in [4.78, 5) is 61.7. The van der Waals surface area contributed by atoms with E-state index in [-0.39, 0.29) is 6.54 Å². The third-order valence-corrected chi connectivity index (χ3v) is 20.9. The van der Waals surface area contributed by atoms with Gasteiger partial charge in [-0.15, -0.1) is 0 Å². The normalized spacial score (nSPS) is 46.0. The van der Waals surface area contributed by atoms with Gasteiger partial charge in [0.15, 0.2) is 37.7 Å². The Balaban J connectivity index is 1.24. The minimum Gasteiger partial charge on any atom is -0.477 e. The van der Waals surface area contributed by atoms with Crippen LogP contribution in [-0.4, -0.2) is 489 Å². The van der Waals surface area contributed by atoms with Crippen LogP contribution in [0.15, 0.2) is 0 Å². The van der Waals surface area contributed by atoms with Crippen molar-refractivity contribution in [2.75, 3.05) is 66.0 Å². The summed E-state index contributed by atoms with van der Waals surface area (Å²) < 4.78 is 111. The van der Waals surface area contributed by atoms with Crippen LogP contribution in [0.1, 0.15) is 26.7 Å². The maximum Gasteiger partial charge on any atom is 0.472 e. The van der Waals surface area contributed by atoms with Crippen LogP contribution in [0.2, 0.25) is 0 Å². The average molecular weight is 1700 g/mol. The first-order valence-electron chi connectivity index (χ1n) is 35.3. The van der Waals surface area contributed by atoms with E-state index in [0.29, 0.717) is 0 Å². The number of nitrogens with two attached hydrogens (primary N) is 1. The zero-order chi connectivity index (χ0) is 84.8. The smallest absolute Gasteiger partial charge is 0.472 e. The van der Waals surface area contributed by atoms with Crippen LogP contribution in [-0.2, 0) is 104 Å². The molecule has 54 heteroatoms. The summed E-state index contributed by atoms with van der Waals surface area (Å²) in [7, 11) is -5.22. The SMILES string of the molecule is CC(=O)N[C@H]1[C@H](O[C@H]2[C@@H](O)[C@@H](CO)O[C@@H](O[C@H]3[C@H](O)[C@@H](O)[C@H](O[C@H]4[C@H](O[C@H]5O[C@H]([C@@H](O)COP(=O)(O)OCCN)[C@@H](O)[C@H](O)[C@@H]5O[C@H]5O[C@H](CO)[C@@H](O)[C@H](O)[C@H]5NC(C)=O)[C@H](O)[C@@H](O[C@H]5[C@@H]([C@H](O)CO)O[C@@](O)(C(=O)O)C[C@H]5O[C@]5(C(=O)O)C[C@@H](O)[C@@H](O)[C@@H]([C@H](O)CO)O5)O[C@@H]4[C@@H](O)CO)O[C@@H]3CO)[C@@H]2O)O[C@H](CO)[C@@H](O)[C@@H]1O. The molecule has 0 aliphatic carbocycles. The number of carbonyl (C=O) groups excluding carboxylic acids is 2. The first kappa shape index (κ1) is 95.8. The number of hydrogen-bond acceptors (Lipinski definition) is 48. The number of carboxylic acids is 2. The Labute approximate surface area is 642 Å². The lowest BCUT2D eigenvalue weighted by Crippen LogP contribution is -2.71. The Bertz CT molecular complexity index is 3120. The van der Waals surface area contributed by atoms with Gasteiger partial charge in [-0.25, -0.2) is 14.2 Å². The lowest BCUT2D eigenvalue weighted by atomic mass is 9.89. The van der Waals surface area contributed by atoms with Gasteiger partial charge in [-0.1, -0.05) is 0 Å². The summed E-state index contributed by atoms with van der Waals surface area (Å²) in [6.07, 6.45) is -94.6. The van der Waals surface area contributed by atoms with Crippen LogP contribution in [0.25, 0.3) is 0 Å². The summed E-state index contributed by atoms with van der Waals surface area (Å²) in [6, 6.07) is -3.74.